The van der Waals surface area contributed by atoms with E-state index in [1.54, 1.807) is 18.2 Å². The zero-order valence-corrected chi connectivity index (χ0v) is 14.8. The Bertz CT molecular complexity index is 755. The van der Waals surface area contributed by atoms with Crippen molar-refractivity contribution in [2.75, 3.05) is 19.6 Å². The number of benzene rings is 1. The third-order valence-corrected chi connectivity index (χ3v) is 4.92. The van der Waals surface area contributed by atoms with Gasteiger partial charge in [0.1, 0.15) is 6.42 Å². The minimum absolute atomic E-state index is 0.0842. The third kappa shape index (κ3) is 3.92. The van der Waals surface area contributed by atoms with Crippen LogP contribution in [0.3, 0.4) is 0 Å². The Hall–Kier alpha value is -2.70. The molecule has 0 atom stereocenters. The molecule has 0 aromatic heterocycles. The van der Waals surface area contributed by atoms with Crippen molar-refractivity contribution in [1.82, 2.24) is 15.5 Å². The quantitative estimate of drug-likeness (QED) is 0.562. The maximum absolute atomic E-state index is 12.3. The fourth-order valence-electron chi connectivity index (χ4n) is 3.14. The van der Waals surface area contributed by atoms with Gasteiger partial charge in [-0.3, -0.25) is 24.1 Å². The molecule has 1 fully saturated rings. The number of hydrogen-bond donors (Lipinski definition) is 2. The Kier molecular flexibility index (Phi) is 5.35. The van der Waals surface area contributed by atoms with Crippen LogP contribution in [0.2, 0.25) is 0 Å². The van der Waals surface area contributed by atoms with Crippen molar-refractivity contribution < 1.29 is 19.2 Å². The van der Waals surface area contributed by atoms with Crippen LogP contribution in [-0.4, -0.2) is 48.2 Å². The Balaban J connectivity index is 1.42. The molecule has 1 aromatic rings. The summed E-state index contributed by atoms with van der Waals surface area (Å²) in [6.07, 6.45) is 3.23. The zero-order valence-electron chi connectivity index (χ0n) is 14.8. The summed E-state index contributed by atoms with van der Waals surface area (Å²) in [5.74, 6) is -0.868. The first-order valence-corrected chi connectivity index (χ1v) is 8.96. The summed E-state index contributed by atoms with van der Waals surface area (Å²) in [5.41, 5.74) is 1.70. The van der Waals surface area contributed by atoms with Gasteiger partial charge in [0.15, 0.2) is 0 Å². The summed E-state index contributed by atoms with van der Waals surface area (Å²) in [4.78, 5) is 49.3. The van der Waals surface area contributed by atoms with Gasteiger partial charge in [-0.15, -0.1) is 0 Å². The molecule has 1 aliphatic heterocycles. The molecule has 0 spiro atoms. The number of nitrogens with zero attached hydrogens (tertiary/aromatic N) is 1. The number of nitrogens with one attached hydrogen (secondary N) is 2. The summed E-state index contributed by atoms with van der Waals surface area (Å²) in [6.45, 7) is 2.69. The van der Waals surface area contributed by atoms with Crippen LogP contribution in [0.25, 0.3) is 0 Å². The van der Waals surface area contributed by atoms with E-state index in [0.717, 1.165) is 23.3 Å². The first kappa shape index (κ1) is 18.1. The summed E-state index contributed by atoms with van der Waals surface area (Å²) >= 11 is 0. The Labute approximate surface area is 152 Å². The standard InChI is InChI=1S/C19H23N3O4/c1-12-5-6-14-15(9-12)19(26)22(18(14)25)8-7-20-16(23)10-17(24)21-11-13-3-2-4-13/h5-6,9,13H,2-4,7-8,10-11H2,1H3,(H,20,23)(H,21,24). The molecule has 0 saturated heterocycles. The molecule has 4 amide bonds. The summed E-state index contributed by atoms with van der Waals surface area (Å²) in [5, 5.41) is 5.35. The summed E-state index contributed by atoms with van der Waals surface area (Å²) < 4.78 is 0. The van der Waals surface area contributed by atoms with E-state index in [-0.39, 0.29) is 37.2 Å². The van der Waals surface area contributed by atoms with Gasteiger partial charge in [0.05, 0.1) is 11.1 Å². The largest absolute Gasteiger partial charge is 0.355 e. The lowest BCUT2D eigenvalue weighted by atomic mass is 9.85. The van der Waals surface area contributed by atoms with Crippen LogP contribution < -0.4 is 10.6 Å². The Morgan fingerprint density at radius 2 is 1.77 bits per heavy atom. The van der Waals surface area contributed by atoms with E-state index >= 15 is 0 Å². The van der Waals surface area contributed by atoms with Crippen molar-refractivity contribution in [2.45, 2.75) is 32.6 Å². The predicted molar refractivity (Wildman–Crippen MR) is 94.5 cm³/mol. The number of fused-ring (bicyclic) bond motifs is 1. The van der Waals surface area contributed by atoms with E-state index in [9.17, 15) is 19.2 Å². The van der Waals surface area contributed by atoms with Gasteiger partial charge in [0.25, 0.3) is 11.8 Å². The predicted octanol–water partition coefficient (Wildman–Crippen LogP) is 1.01. The van der Waals surface area contributed by atoms with Crippen LogP contribution in [0.1, 0.15) is 52.0 Å². The van der Waals surface area contributed by atoms with Crippen LogP contribution in [-0.2, 0) is 9.59 Å². The second-order valence-electron chi connectivity index (χ2n) is 6.94. The normalized spacial score (nSPS) is 16.3. The lowest BCUT2D eigenvalue weighted by Crippen LogP contribution is -2.40. The van der Waals surface area contributed by atoms with Crippen molar-refractivity contribution in [1.29, 1.82) is 0 Å². The molecule has 2 aliphatic rings. The van der Waals surface area contributed by atoms with E-state index in [4.69, 9.17) is 0 Å². The Morgan fingerprint density at radius 1 is 1.08 bits per heavy atom. The van der Waals surface area contributed by atoms with Crippen LogP contribution in [0.4, 0.5) is 0 Å². The molecule has 3 rings (SSSR count). The van der Waals surface area contributed by atoms with Crippen molar-refractivity contribution in [3.63, 3.8) is 0 Å². The first-order valence-electron chi connectivity index (χ1n) is 8.96. The van der Waals surface area contributed by atoms with Gasteiger partial charge in [-0.25, -0.2) is 0 Å². The zero-order chi connectivity index (χ0) is 18.7. The molecular weight excluding hydrogens is 334 g/mol. The lowest BCUT2D eigenvalue weighted by molar-refractivity contribution is -0.129. The maximum atomic E-state index is 12.3. The van der Waals surface area contributed by atoms with E-state index in [1.165, 1.54) is 6.42 Å². The first-order chi connectivity index (χ1) is 12.5. The number of aryl methyl sites for hydroxylation is 1. The van der Waals surface area contributed by atoms with Crippen molar-refractivity contribution in [2.24, 2.45) is 5.92 Å². The minimum Gasteiger partial charge on any atom is -0.355 e. The second-order valence-corrected chi connectivity index (χ2v) is 6.94. The number of carbonyl (C=O) groups excluding carboxylic acids is 4. The van der Waals surface area contributed by atoms with Gasteiger partial charge < -0.3 is 10.6 Å². The summed E-state index contributed by atoms with van der Waals surface area (Å²) in [6, 6.07) is 5.13. The highest BCUT2D eigenvalue weighted by molar-refractivity contribution is 6.21. The topological polar surface area (TPSA) is 95.6 Å². The molecule has 7 nitrogen and oxygen atoms in total. The number of imide groups is 1. The molecule has 1 aromatic carbocycles. The van der Waals surface area contributed by atoms with Gasteiger partial charge in [-0.05, 0) is 37.8 Å². The highest BCUT2D eigenvalue weighted by Gasteiger charge is 2.35. The molecule has 1 aliphatic carbocycles. The van der Waals surface area contributed by atoms with E-state index < -0.39 is 5.91 Å². The maximum Gasteiger partial charge on any atom is 0.261 e. The van der Waals surface area contributed by atoms with Crippen LogP contribution in [0.15, 0.2) is 18.2 Å². The molecule has 2 N–H and O–H groups in total. The lowest BCUT2D eigenvalue weighted by Gasteiger charge is -2.25. The van der Waals surface area contributed by atoms with Crippen molar-refractivity contribution >= 4 is 23.6 Å². The average Bonchev–Trinajstić information content (AvgIpc) is 2.77. The molecule has 138 valence electrons. The highest BCUT2D eigenvalue weighted by atomic mass is 16.2. The third-order valence-electron chi connectivity index (χ3n) is 4.92. The van der Waals surface area contributed by atoms with E-state index in [1.807, 2.05) is 6.92 Å². The molecule has 26 heavy (non-hydrogen) atoms. The molecule has 7 heteroatoms. The summed E-state index contributed by atoms with van der Waals surface area (Å²) in [7, 11) is 0. The number of amides is 4. The van der Waals surface area contributed by atoms with Crippen LogP contribution >= 0.6 is 0 Å². The van der Waals surface area contributed by atoms with Gasteiger partial charge in [-0.1, -0.05) is 18.1 Å². The number of carbonyl (C=O) groups is 4. The molecule has 1 heterocycles. The van der Waals surface area contributed by atoms with Crippen LogP contribution in [0.5, 0.6) is 0 Å². The van der Waals surface area contributed by atoms with Gasteiger partial charge in [-0.2, -0.15) is 0 Å². The fourth-order valence-corrected chi connectivity index (χ4v) is 3.14. The molecule has 1 saturated carbocycles. The van der Waals surface area contributed by atoms with Crippen molar-refractivity contribution in [3.05, 3.63) is 34.9 Å². The molecule has 0 unspecified atom stereocenters. The van der Waals surface area contributed by atoms with Gasteiger partial charge in [0.2, 0.25) is 11.8 Å². The van der Waals surface area contributed by atoms with Crippen LogP contribution in [0, 0.1) is 12.8 Å². The number of rotatable bonds is 7. The molecule has 0 radical (unpaired) electrons. The number of hydrogen-bond acceptors (Lipinski definition) is 4. The highest BCUT2D eigenvalue weighted by Crippen LogP contribution is 2.25. The average molecular weight is 357 g/mol. The smallest absolute Gasteiger partial charge is 0.261 e. The molecular formula is C19H23N3O4. The Morgan fingerprint density at radius 3 is 2.46 bits per heavy atom. The van der Waals surface area contributed by atoms with Crippen molar-refractivity contribution in [3.8, 4) is 0 Å². The fraction of sp³-hybridized carbons (Fsp3) is 0.474. The van der Waals surface area contributed by atoms with E-state index in [0.29, 0.717) is 23.6 Å². The minimum atomic E-state index is -0.413. The SMILES string of the molecule is Cc1ccc2c(c1)C(=O)N(CCNC(=O)CC(=O)NCC1CCC1)C2=O. The van der Waals surface area contributed by atoms with Gasteiger partial charge in [0, 0.05) is 19.6 Å². The monoisotopic (exact) mass is 357 g/mol. The second kappa shape index (κ2) is 7.68. The van der Waals surface area contributed by atoms with E-state index in [2.05, 4.69) is 10.6 Å². The molecule has 0 bridgehead atoms. The van der Waals surface area contributed by atoms with Gasteiger partial charge >= 0.3 is 0 Å².